The lowest BCUT2D eigenvalue weighted by molar-refractivity contribution is -0.118. The number of para-hydroxylation sites is 1. The Labute approximate surface area is 120 Å². The topological polar surface area (TPSA) is 23.6 Å². The highest BCUT2D eigenvalue weighted by atomic mass is 16.2. The monoisotopic (exact) mass is 270 g/mol. The fraction of sp³-hybridized carbons (Fsp3) is 0.471. The van der Waals surface area contributed by atoms with Crippen LogP contribution in [0.4, 0.5) is 5.69 Å². The lowest BCUT2D eigenvalue weighted by atomic mass is 10.0. The fourth-order valence-corrected chi connectivity index (χ4v) is 3.09. The maximum Gasteiger partial charge on any atom is 0.227 e. The summed E-state index contributed by atoms with van der Waals surface area (Å²) in [6.45, 7) is 4.14. The van der Waals surface area contributed by atoms with Crippen LogP contribution in [-0.4, -0.2) is 37.0 Å². The van der Waals surface area contributed by atoms with Crippen LogP contribution in [-0.2, 0) is 11.2 Å². The molecule has 106 valence electrons. The molecule has 0 N–H and O–H groups in total. The molecule has 1 aromatic rings. The third-order valence-corrected chi connectivity index (χ3v) is 4.19. The first-order valence-electron chi connectivity index (χ1n) is 7.60. The van der Waals surface area contributed by atoms with E-state index in [4.69, 9.17) is 0 Å². The van der Waals surface area contributed by atoms with Gasteiger partial charge in [0.25, 0.3) is 0 Å². The summed E-state index contributed by atoms with van der Waals surface area (Å²) in [6.07, 6.45) is 8.25. The van der Waals surface area contributed by atoms with E-state index in [1.165, 1.54) is 5.56 Å². The van der Waals surface area contributed by atoms with E-state index in [1.54, 1.807) is 0 Å². The number of hydrogen-bond donors (Lipinski definition) is 0. The quantitative estimate of drug-likeness (QED) is 0.785. The molecule has 0 unspecified atom stereocenters. The Balaban J connectivity index is 1.59. The summed E-state index contributed by atoms with van der Waals surface area (Å²) in [7, 11) is 0. The van der Waals surface area contributed by atoms with Crippen molar-refractivity contribution in [3.05, 3.63) is 42.0 Å². The molecule has 0 spiro atoms. The Bertz CT molecular complexity index is 509. The first-order chi connectivity index (χ1) is 9.84. The number of rotatable bonds is 4. The lowest BCUT2D eigenvalue weighted by Crippen LogP contribution is -2.38. The van der Waals surface area contributed by atoms with Crippen LogP contribution in [0.15, 0.2) is 36.4 Å². The van der Waals surface area contributed by atoms with Crippen LogP contribution in [0, 0.1) is 0 Å². The third-order valence-electron chi connectivity index (χ3n) is 4.19. The van der Waals surface area contributed by atoms with Gasteiger partial charge in [-0.1, -0.05) is 30.4 Å². The molecule has 2 heterocycles. The van der Waals surface area contributed by atoms with E-state index in [0.717, 1.165) is 51.1 Å². The maximum atomic E-state index is 12.1. The van der Waals surface area contributed by atoms with Crippen molar-refractivity contribution < 1.29 is 4.79 Å². The molecule has 1 amide bonds. The van der Waals surface area contributed by atoms with Gasteiger partial charge in [0.05, 0.1) is 0 Å². The van der Waals surface area contributed by atoms with Crippen LogP contribution in [0.3, 0.4) is 0 Å². The molecule has 0 aromatic heterocycles. The number of fused-ring (bicyclic) bond motifs is 1. The molecule has 20 heavy (non-hydrogen) atoms. The molecule has 0 saturated heterocycles. The minimum atomic E-state index is 0.280. The predicted molar refractivity (Wildman–Crippen MR) is 81.9 cm³/mol. The molecule has 0 atom stereocenters. The smallest absolute Gasteiger partial charge is 0.227 e. The molecule has 2 aliphatic heterocycles. The average Bonchev–Trinajstić information content (AvgIpc) is 2.50. The highest BCUT2D eigenvalue weighted by molar-refractivity contribution is 5.96. The molecule has 0 bridgehead atoms. The second-order valence-electron chi connectivity index (χ2n) is 5.59. The van der Waals surface area contributed by atoms with Crippen molar-refractivity contribution >= 4 is 11.6 Å². The molecule has 2 aliphatic rings. The van der Waals surface area contributed by atoms with Crippen molar-refractivity contribution in [1.29, 1.82) is 0 Å². The van der Waals surface area contributed by atoms with Gasteiger partial charge in [-0.05, 0) is 30.9 Å². The number of aryl methyl sites for hydroxylation is 1. The van der Waals surface area contributed by atoms with Crippen molar-refractivity contribution in [3.8, 4) is 0 Å². The first-order valence-corrected chi connectivity index (χ1v) is 7.60. The second-order valence-corrected chi connectivity index (χ2v) is 5.59. The molecule has 1 aromatic carbocycles. The lowest BCUT2D eigenvalue weighted by Gasteiger charge is -2.30. The van der Waals surface area contributed by atoms with Gasteiger partial charge in [0.15, 0.2) is 0 Å². The molecule has 0 aliphatic carbocycles. The summed E-state index contributed by atoms with van der Waals surface area (Å²) in [4.78, 5) is 16.6. The number of anilines is 1. The fourth-order valence-electron chi connectivity index (χ4n) is 3.09. The Morgan fingerprint density at radius 1 is 1.05 bits per heavy atom. The van der Waals surface area contributed by atoms with E-state index in [0.29, 0.717) is 6.42 Å². The van der Waals surface area contributed by atoms with Crippen LogP contribution in [0.2, 0.25) is 0 Å². The van der Waals surface area contributed by atoms with Crippen molar-refractivity contribution in [2.45, 2.75) is 25.7 Å². The van der Waals surface area contributed by atoms with Crippen LogP contribution in [0.1, 0.15) is 24.8 Å². The Morgan fingerprint density at radius 3 is 2.80 bits per heavy atom. The van der Waals surface area contributed by atoms with E-state index < -0.39 is 0 Å². The Kier molecular flexibility index (Phi) is 4.16. The number of carbonyl (C=O) groups excluding carboxylic acids is 1. The third kappa shape index (κ3) is 2.93. The summed E-state index contributed by atoms with van der Waals surface area (Å²) in [5.41, 5.74) is 2.44. The van der Waals surface area contributed by atoms with Crippen molar-refractivity contribution in [2.75, 3.05) is 31.1 Å². The minimum Gasteiger partial charge on any atom is -0.312 e. The van der Waals surface area contributed by atoms with Crippen molar-refractivity contribution in [3.63, 3.8) is 0 Å². The van der Waals surface area contributed by atoms with E-state index in [2.05, 4.69) is 35.3 Å². The number of hydrogen-bond acceptors (Lipinski definition) is 2. The molecule has 0 saturated carbocycles. The van der Waals surface area contributed by atoms with Gasteiger partial charge in [0, 0.05) is 38.3 Å². The molecule has 0 radical (unpaired) electrons. The summed E-state index contributed by atoms with van der Waals surface area (Å²) in [5, 5.41) is 0. The minimum absolute atomic E-state index is 0.280. The predicted octanol–water partition coefficient (Wildman–Crippen LogP) is 2.62. The molecular formula is C17H22N2O. The zero-order valence-electron chi connectivity index (χ0n) is 11.9. The van der Waals surface area contributed by atoms with E-state index >= 15 is 0 Å². The van der Waals surface area contributed by atoms with Crippen molar-refractivity contribution in [1.82, 2.24) is 4.90 Å². The number of carbonyl (C=O) groups is 1. The van der Waals surface area contributed by atoms with Crippen LogP contribution in [0.5, 0.6) is 0 Å². The van der Waals surface area contributed by atoms with Gasteiger partial charge in [-0.25, -0.2) is 0 Å². The van der Waals surface area contributed by atoms with Gasteiger partial charge in [-0.15, -0.1) is 0 Å². The van der Waals surface area contributed by atoms with Crippen LogP contribution >= 0.6 is 0 Å². The van der Waals surface area contributed by atoms with E-state index in [-0.39, 0.29) is 5.91 Å². The van der Waals surface area contributed by atoms with Gasteiger partial charge < -0.3 is 4.90 Å². The van der Waals surface area contributed by atoms with Gasteiger partial charge in [0.1, 0.15) is 0 Å². The highest BCUT2D eigenvalue weighted by Gasteiger charge is 2.23. The molecule has 3 heteroatoms. The number of nitrogens with zero attached hydrogens (tertiary/aromatic N) is 2. The zero-order valence-corrected chi connectivity index (χ0v) is 11.9. The highest BCUT2D eigenvalue weighted by Crippen LogP contribution is 2.27. The Morgan fingerprint density at radius 2 is 1.95 bits per heavy atom. The second kappa shape index (κ2) is 6.23. The SMILES string of the molecule is O=C1CCc2ccccc2N1CCCN1CC=CCC1. The molecule has 3 nitrogen and oxygen atoms in total. The zero-order chi connectivity index (χ0) is 13.8. The summed E-state index contributed by atoms with van der Waals surface area (Å²) >= 11 is 0. The Hall–Kier alpha value is -1.61. The standard InChI is InChI=1S/C17H22N2O/c20-17-10-9-15-7-2-3-8-16(15)19(17)14-6-13-18-11-4-1-5-12-18/h1-4,7-8H,5-6,9-14H2. The summed E-state index contributed by atoms with van der Waals surface area (Å²) in [6, 6.07) is 8.31. The maximum absolute atomic E-state index is 12.1. The molecule has 0 fully saturated rings. The number of amides is 1. The first kappa shape index (κ1) is 13.4. The molecular weight excluding hydrogens is 248 g/mol. The van der Waals surface area contributed by atoms with Crippen LogP contribution < -0.4 is 4.90 Å². The van der Waals surface area contributed by atoms with Crippen molar-refractivity contribution in [2.24, 2.45) is 0 Å². The average molecular weight is 270 g/mol. The van der Waals surface area contributed by atoms with E-state index in [9.17, 15) is 4.79 Å². The van der Waals surface area contributed by atoms with Gasteiger partial charge in [-0.3, -0.25) is 9.69 Å². The number of benzene rings is 1. The van der Waals surface area contributed by atoms with Gasteiger partial charge >= 0.3 is 0 Å². The van der Waals surface area contributed by atoms with E-state index in [1.807, 2.05) is 11.0 Å². The van der Waals surface area contributed by atoms with Gasteiger partial charge in [-0.2, -0.15) is 0 Å². The largest absolute Gasteiger partial charge is 0.312 e. The normalized spacial score (nSPS) is 19.2. The molecule has 3 rings (SSSR count). The summed E-state index contributed by atoms with van der Waals surface area (Å²) in [5.74, 6) is 0.280. The van der Waals surface area contributed by atoms with Crippen LogP contribution in [0.25, 0.3) is 0 Å². The summed E-state index contributed by atoms with van der Waals surface area (Å²) < 4.78 is 0. The van der Waals surface area contributed by atoms with Gasteiger partial charge in [0.2, 0.25) is 5.91 Å².